The number of nitrogens with zero attached hydrogens (tertiary/aromatic N) is 2. The van der Waals surface area contributed by atoms with Crippen LogP contribution in [-0.4, -0.2) is 66.7 Å². The Kier molecular flexibility index (Phi) is 5.35. The fourth-order valence-corrected chi connectivity index (χ4v) is 4.89. The summed E-state index contributed by atoms with van der Waals surface area (Å²) in [6, 6.07) is 6.09. The summed E-state index contributed by atoms with van der Waals surface area (Å²) < 4.78 is 26.9. The van der Waals surface area contributed by atoms with Crippen LogP contribution in [0.15, 0.2) is 29.2 Å². The summed E-state index contributed by atoms with van der Waals surface area (Å²) in [5.74, 6) is -0.477. The summed E-state index contributed by atoms with van der Waals surface area (Å²) in [6.07, 6.45) is 0.508. The van der Waals surface area contributed by atoms with E-state index in [4.69, 9.17) is 0 Å². The van der Waals surface area contributed by atoms with Crippen LogP contribution in [0, 0.1) is 6.92 Å². The minimum absolute atomic E-state index is 0.106. The number of aryl methyl sites for hydroxylation is 1. The van der Waals surface area contributed by atoms with Gasteiger partial charge in [-0.1, -0.05) is 23.9 Å². The van der Waals surface area contributed by atoms with Gasteiger partial charge in [0.15, 0.2) is 0 Å². The molecule has 1 aromatic carbocycles. The predicted molar refractivity (Wildman–Crippen MR) is 96.1 cm³/mol. The summed E-state index contributed by atoms with van der Waals surface area (Å²) >= 11 is 0.965. The lowest BCUT2D eigenvalue weighted by Gasteiger charge is -2.22. The summed E-state index contributed by atoms with van der Waals surface area (Å²) in [7, 11) is -3.77. The van der Waals surface area contributed by atoms with Crippen LogP contribution in [0.1, 0.15) is 12.0 Å². The topological polar surface area (TPSA) is 104 Å². The maximum atomic E-state index is 12.3. The summed E-state index contributed by atoms with van der Waals surface area (Å²) in [6.45, 7) is 2.05. The summed E-state index contributed by atoms with van der Waals surface area (Å²) in [4.78, 5) is 38.7. The van der Waals surface area contributed by atoms with Crippen molar-refractivity contribution >= 4 is 38.8 Å². The molecule has 1 N–H and O–H groups in total. The van der Waals surface area contributed by atoms with E-state index in [0.717, 1.165) is 17.3 Å². The van der Waals surface area contributed by atoms with Crippen LogP contribution in [-0.2, 0) is 19.6 Å². The van der Waals surface area contributed by atoms with E-state index >= 15 is 0 Å². The van der Waals surface area contributed by atoms with Crippen molar-refractivity contribution < 1.29 is 22.8 Å². The molecule has 0 bridgehead atoms. The van der Waals surface area contributed by atoms with Gasteiger partial charge in [0, 0.05) is 13.1 Å². The average molecular weight is 397 g/mol. The molecule has 1 atom stereocenters. The van der Waals surface area contributed by atoms with E-state index in [1.54, 1.807) is 19.1 Å². The van der Waals surface area contributed by atoms with Gasteiger partial charge in [-0.25, -0.2) is 13.1 Å². The lowest BCUT2D eigenvalue weighted by Crippen LogP contribution is -2.43. The van der Waals surface area contributed by atoms with Gasteiger partial charge in [-0.15, -0.1) is 0 Å². The third-order valence-corrected chi connectivity index (χ3v) is 6.61. The van der Waals surface area contributed by atoms with E-state index in [2.05, 4.69) is 4.72 Å². The second-order valence-electron chi connectivity index (χ2n) is 6.24. The number of sulfonamides is 1. The van der Waals surface area contributed by atoms with Crippen molar-refractivity contribution in [3.05, 3.63) is 29.8 Å². The van der Waals surface area contributed by atoms with Crippen LogP contribution < -0.4 is 4.72 Å². The minimum atomic E-state index is -3.77. The zero-order chi connectivity index (χ0) is 18.9. The van der Waals surface area contributed by atoms with E-state index < -0.39 is 10.0 Å². The number of nitrogens with one attached hydrogen (secondary N) is 1. The van der Waals surface area contributed by atoms with E-state index in [9.17, 15) is 22.8 Å². The molecular weight excluding hydrogens is 378 g/mol. The number of thioether (sulfide) groups is 1. The molecule has 1 unspecified atom stereocenters. The van der Waals surface area contributed by atoms with Crippen LogP contribution >= 0.6 is 11.8 Å². The fourth-order valence-electron chi connectivity index (χ4n) is 3.03. The lowest BCUT2D eigenvalue weighted by atomic mass is 10.2. The van der Waals surface area contributed by atoms with Crippen molar-refractivity contribution in [3.8, 4) is 0 Å². The number of amides is 3. The first-order valence-electron chi connectivity index (χ1n) is 8.11. The van der Waals surface area contributed by atoms with E-state index in [1.165, 1.54) is 21.9 Å². The first-order valence-corrected chi connectivity index (χ1v) is 10.6. The number of imide groups is 1. The quantitative estimate of drug-likeness (QED) is 0.779. The molecule has 0 saturated carbocycles. The fraction of sp³-hybridized carbons (Fsp3) is 0.438. The molecule has 0 aromatic heterocycles. The van der Waals surface area contributed by atoms with E-state index in [1.807, 2.05) is 0 Å². The molecule has 140 valence electrons. The molecule has 10 heteroatoms. The molecule has 0 aliphatic carbocycles. The molecule has 2 aliphatic heterocycles. The Labute approximate surface area is 156 Å². The van der Waals surface area contributed by atoms with Crippen LogP contribution in [0.4, 0.5) is 4.79 Å². The number of likely N-dealkylation sites (tertiary alicyclic amines) is 1. The van der Waals surface area contributed by atoms with Gasteiger partial charge in [-0.2, -0.15) is 0 Å². The highest BCUT2D eigenvalue weighted by Crippen LogP contribution is 2.26. The number of carbonyl (C=O) groups is 3. The van der Waals surface area contributed by atoms with Gasteiger partial charge in [0.05, 0.1) is 23.2 Å². The molecular formula is C16H19N3O5S2. The SMILES string of the molecule is Cc1cccc(S(=O)(=O)NCC(=O)N2CCC(N3C(=O)CSC3=O)C2)c1. The standard InChI is InChI=1S/C16H19N3O5S2/c1-11-3-2-4-13(7-11)26(23,24)17-8-14(20)18-6-5-12(9-18)19-15(21)10-25-16(19)22/h2-4,7,12,17H,5-6,8-10H2,1H3. The normalized spacial score (nSPS) is 20.9. The summed E-state index contributed by atoms with van der Waals surface area (Å²) in [5.41, 5.74) is 0.805. The number of hydrogen-bond acceptors (Lipinski definition) is 6. The Balaban J connectivity index is 1.57. The van der Waals surface area contributed by atoms with Gasteiger partial charge < -0.3 is 4.90 Å². The van der Waals surface area contributed by atoms with Crippen molar-refractivity contribution in [1.29, 1.82) is 0 Å². The van der Waals surface area contributed by atoms with Crippen molar-refractivity contribution in [2.75, 3.05) is 25.4 Å². The van der Waals surface area contributed by atoms with Crippen molar-refractivity contribution in [2.45, 2.75) is 24.3 Å². The van der Waals surface area contributed by atoms with Crippen LogP contribution in [0.25, 0.3) is 0 Å². The lowest BCUT2D eigenvalue weighted by molar-refractivity contribution is -0.130. The molecule has 2 heterocycles. The Morgan fingerprint density at radius 2 is 2.12 bits per heavy atom. The average Bonchev–Trinajstić information content (AvgIpc) is 3.19. The number of carbonyl (C=O) groups excluding carboxylic acids is 3. The number of benzene rings is 1. The van der Waals surface area contributed by atoms with Gasteiger partial charge in [0.1, 0.15) is 0 Å². The smallest absolute Gasteiger partial charge is 0.289 e. The van der Waals surface area contributed by atoms with Crippen LogP contribution in [0.2, 0.25) is 0 Å². The second kappa shape index (κ2) is 7.37. The molecule has 26 heavy (non-hydrogen) atoms. The monoisotopic (exact) mass is 397 g/mol. The van der Waals surface area contributed by atoms with Crippen LogP contribution in [0.5, 0.6) is 0 Å². The highest BCUT2D eigenvalue weighted by molar-refractivity contribution is 8.14. The molecule has 3 rings (SSSR count). The Morgan fingerprint density at radius 3 is 2.77 bits per heavy atom. The molecule has 8 nitrogen and oxygen atoms in total. The van der Waals surface area contributed by atoms with Gasteiger partial charge in [0.25, 0.3) is 5.24 Å². The highest BCUT2D eigenvalue weighted by atomic mass is 32.2. The largest absolute Gasteiger partial charge is 0.339 e. The Bertz CT molecular complexity index is 839. The van der Waals surface area contributed by atoms with Gasteiger partial charge >= 0.3 is 0 Å². The maximum Gasteiger partial charge on any atom is 0.289 e. The minimum Gasteiger partial charge on any atom is -0.339 e. The van der Waals surface area contributed by atoms with Gasteiger partial charge in [-0.05, 0) is 31.0 Å². The number of rotatable bonds is 5. The zero-order valence-electron chi connectivity index (χ0n) is 14.2. The van der Waals surface area contributed by atoms with Crippen molar-refractivity contribution in [1.82, 2.24) is 14.5 Å². The highest BCUT2D eigenvalue weighted by Gasteiger charge is 2.40. The number of hydrogen-bond donors (Lipinski definition) is 1. The first-order chi connectivity index (χ1) is 12.3. The molecule has 2 fully saturated rings. The van der Waals surface area contributed by atoms with Gasteiger partial charge in [0.2, 0.25) is 21.8 Å². The summed E-state index contributed by atoms with van der Waals surface area (Å²) in [5, 5.41) is -0.283. The zero-order valence-corrected chi connectivity index (χ0v) is 15.8. The molecule has 3 amide bonds. The molecule has 1 aromatic rings. The maximum absolute atomic E-state index is 12.3. The third kappa shape index (κ3) is 3.92. The molecule has 0 spiro atoms. The predicted octanol–water partition coefficient (Wildman–Crippen LogP) is 0.570. The van der Waals surface area contributed by atoms with Crippen LogP contribution in [0.3, 0.4) is 0 Å². The Morgan fingerprint density at radius 1 is 1.35 bits per heavy atom. The van der Waals surface area contributed by atoms with E-state index in [0.29, 0.717) is 13.0 Å². The Hall–Kier alpha value is -1.91. The molecule has 2 saturated heterocycles. The third-order valence-electron chi connectivity index (χ3n) is 4.38. The first kappa shape index (κ1) is 18.9. The second-order valence-corrected chi connectivity index (χ2v) is 8.94. The van der Waals surface area contributed by atoms with Gasteiger partial charge in [-0.3, -0.25) is 19.3 Å². The molecule has 2 aliphatic rings. The molecule has 0 radical (unpaired) electrons. The van der Waals surface area contributed by atoms with Crippen molar-refractivity contribution in [3.63, 3.8) is 0 Å². The van der Waals surface area contributed by atoms with Crippen molar-refractivity contribution in [2.24, 2.45) is 0 Å². The van der Waals surface area contributed by atoms with E-state index in [-0.39, 0.29) is 46.8 Å².